The molecule has 0 spiro atoms. The summed E-state index contributed by atoms with van der Waals surface area (Å²) in [5, 5.41) is 4.57. The number of hydrogen-bond acceptors (Lipinski definition) is 3. The second-order valence-corrected chi connectivity index (χ2v) is 15.9. The first kappa shape index (κ1) is 35.0. The van der Waals surface area contributed by atoms with Gasteiger partial charge in [0.1, 0.15) is 0 Å². The standard InChI is InChI=1S/C58H37N3/c1-4-17-40(18-5-1)57-60-52-30-15-12-27-47(52)55(61-57)39-33-31-38(32-34-39)41-19-16-20-42(37-41)56-48-35-36-50-54(53(48)46-26-11-14-29-51(46)59-56)45-25-10-13-28-49(45)58(50,43-21-6-2-7-22-43)44-23-8-3-9-24-44/h1-37H. The van der Waals surface area contributed by atoms with Crippen molar-refractivity contribution in [2.45, 2.75) is 5.41 Å². The number of nitrogens with zero attached hydrogens (tertiary/aromatic N) is 3. The molecule has 2 aromatic heterocycles. The minimum atomic E-state index is -0.486. The number of pyridine rings is 1. The van der Waals surface area contributed by atoms with Crippen LogP contribution in [0.15, 0.2) is 224 Å². The first-order valence-corrected chi connectivity index (χ1v) is 20.9. The lowest BCUT2D eigenvalue weighted by molar-refractivity contribution is 0.769. The molecule has 2 heterocycles. The van der Waals surface area contributed by atoms with Crippen LogP contribution in [0.4, 0.5) is 0 Å². The van der Waals surface area contributed by atoms with Gasteiger partial charge in [0, 0.05) is 38.2 Å². The van der Waals surface area contributed by atoms with E-state index in [1.54, 1.807) is 0 Å². The summed E-state index contributed by atoms with van der Waals surface area (Å²) in [4.78, 5) is 15.5. The first-order valence-electron chi connectivity index (χ1n) is 20.9. The molecule has 0 saturated carbocycles. The van der Waals surface area contributed by atoms with Crippen molar-refractivity contribution in [1.82, 2.24) is 15.0 Å². The van der Waals surface area contributed by atoms with Gasteiger partial charge in [-0.1, -0.05) is 206 Å². The van der Waals surface area contributed by atoms with Gasteiger partial charge in [-0.3, -0.25) is 0 Å². The number of rotatable bonds is 6. The molecule has 284 valence electrons. The van der Waals surface area contributed by atoms with Crippen LogP contribution in [0, 0.1) is 0 Å². The first-order chi connectivity index (χ1) is 30.3. The topological polar surface area (TPSA) is 38.7 Å². The van der Waals surface area contributed by atoms with Crippen LogP contribution in [-0.4, -0.2) is 15.0 Å². The Morgan fingerprint density at radius 2 is 0.869 bits per heavy atom. The van der Waals surface area contributed by atoms with Gasteiger partial charge in [-0.25, -0.2) is 15.0 Å². The fourth-order valence-corrected chi connectivity index (χ4v) is 9.87. The van der Waals surface area contributed by atoms with Crippen molar-refractivity contribution in [3.63, 3.8) is 0 Å². The highest BCUT2D eigenvalue weighted by Gasteiger charge is 2.46. The van der Waals surface area contributed by atoms with E-state index < -0.39 is 5.41 Å². The summed E-state index contributed by atoms with van der Waals surface area (Å²) in [6, 6.07) is 80.5. The third kappa shape index (κ3) is 5.48. The molecule has 0 unspecified atom stereocenters. The van der Waals surface area contributed by atoms with Gasteiger partial charge in [-0.15, -0.1) is 0 Å². The highest BCUT2D eigenvalue weighted by atomic mass is 14.9. The van der Waals surface area contributed by atoms with Gasteiger partial charge in [-0.2, -0.15) is 0 Å². The summed E-state index contributed by atoms with van der Waals surface area (Å²) >= 11 is 0. The quantitative estimate of drug-likeness (QED) is 0.158. The van der Waals surface area contributed by atoms with Crippen LogP contribution in [0.5, 0.6) is 0 Å². The Bertz CT molecular complexity index is 3410. The molecule has 0 bridgehead atoms. The van der Waals surface area contributed by atoms with Crippen molar-refractivity contribution in [3.05, 3.63) is 247 Å². The third-order valence-corrected chi connectivity index (χ3v) is 12.5. The SMILES string of the molecule is c1ccc(-c2nc(-c3ccc(-c4cccc(-c5nc6ccccc6c6c7c(ccc56)C(c5ccccc5)(c5ccccc5)c5ccccc5-7)c4)cc3)c3ccccc3n2)cc1. The Kier molecular flexibility index (Phi) is 8.07. The zero-order chi connectivity index (χ0) is 40.3. The van der Waals surface area contributed by atoms with E-state index in [0.717, 1.165) is 72.2 Å². The second kappa shape index (κ2) is 14.1. The number of aromatic nitrogens is 3. The van der Waals surface area contributed by atoms with Crippen LogP contribution >= 0.6 is 0 Å². The fraction of sp³-hybridized carbons (Fsp3) is 0.0172. The lowest BCUT2D eigenvalue weighted by atomic mass is 9.67. The Labute approximate surface area is 354 Å². The summed E-state index contributed by atoms with van der Waals surface area (Å²) in [5.41, 5.74) is 16.4. The predicted molar refractivity (Wildman–Crippen MR) is 251 cm³/mol. The molecule has 3 heteroatoms. The Hall–Kier alpha value is -8.01. The van der Waals surface area contributed by atoms with Gasteiger partial charge in [0.05, 0.1) is 27.8 Å². The maximum absolute atomic E-state index is 5.44. The molecule has 0 radical (unpaired) electrons. The molecule has 3 nitrogen and oxygen atoms in total. The van der Waals surface area contributed by atoms with Gasteiger partial charge < -0.3 is 0 Å². The van der Waals surface area contributed by atoms with Crippen molar-refractivity contribution in [2.24, 2.45) is 0 Å². The Morgan fingerprint density at radius 3 is 1.61 bits per heavy atom. The van der Waals surface area contributed by atoms with E-state index >= 15 is 0 Å². The number of benzene rings is 9. The van der Waals surface area contributed by atoms with E-state index in [4.69, 9.17) is 15.0 Å². The minimum Gasteiger partial charge on any atom is -0.247 e. The van der Waals surface area contributed by atoms with Crippen LogP contribution in [0.3, 0.4) is 0 Å². The van der Waals surface area contributed by atoms with E-state index in [0.29, 0.717) is 0 Å². The maximum Gasteiger partial charge on any atom is 0.160 e. The van der Waals surface area contributed by atoms with Crippen molar-refractivity contribution in [2.75, 3.05) is 0 Å². The van der Waals surface area contributed by atoms with Crippen LogP contribution < -0.4 is 0 Å². The highest BCUT2D eigenvalue weighted by molar-refractivity contribution is 6.19. The molecule has 0 amide bonds. The van der Waals surface area contributed by atoms with E-state index in [1.807, 2.05) is 24.3 Å². The van der Waals surface area contributed by atoms with Crippen LogP contribution in [0.2, 0.25) is 0 Å². The largest absolute Gasteiger partial charge is 0.247 e. The fourth-order valence-electron chi connectivity index (χ4n) is 9.87. The van der Waals surface area contributed by atoms with Crippen molar-refractivity contribution in [3.8, 4) is 56.2 Å². The number of para-hydroxylation sites is 2. The average Bonchev–Trinajstić information content (AvgIpc) is 3.65. The normalized spacial score (nSPS) is 12.7. The van der Waals surface area contributed by atoms with Crippen molar-refractivity contribution >= 4 is 32.6 Å². The lowest BCUT2D eigenvalue weighted by Gasteiger charge is -2.34. The monoisotopic (exact) mass is 775 g/mol. The minimum absolute atomic E-state index is 0.486. The molecule has 0 N–H and O–H groups in total. The van der Waals surface area contributed by atoms with Gasteiger partial charge in [-0.05, 0) is 62.7 Å². The van der Waals surface area contributed by atoms with Crippen molar-refractivity contribution < 1.29 is 0 Å². The molecule has 0 saturated heterocycles. The molecule has 12 rings (SSSR count). The molecule has 1 aliphatic rings. The Balaban J connectivity index is 1.02. The number of hydrogen-bond donors (Lipinski definition) is 0. The molecule has 11 aromatic rings. The highest BCUT2D eigenvalue weighted by Crippen LogP contribution is 2.58. The summed E-state index contributed by atoms with van der Waals surface area (Å²) < 4.78 is 0. The molecule has 0 fully saturated rings. The Morgan fingerprint density at radius 1 is 0.311 bits per heavy atom. The van der Waals surface area contributed by atoms with Gasteiger partial charge in [0.15, 0.2) is 5.82 Å². The van der Waals surface area contributed by atoms with Gasteiger partial charge in [0.2, 0.25) is 0 Å². The average molecular weight is 776 g/mol. The van der Waals surface area contributed by atoms with E-state index in [1.165, 1.54) is 38.8 Å². The summed E-state index contributed by atoms with van der Waals surface area (Å²) in [5.74, 6) is 0.723. The van der Waals surface area contributed by atoms with Gasteiger partial charge in [0.25, 0.3) is 0 Å². The van der Waals surface area contributed by atoms with E-state index in [2.05, 4.69) is 200 Å². The smallest absolute Gasteiger partial charge is 0.160 e. The summed E-state index contributed by atoms with van der Waals surface area (Å²) in [6.07, 6.45) is 0. The second-order valence-electron chi connectivity index (χ2n) is 15.9. The maximum atomic E-state index is 5.44. The third-order valence-electron chi connectivity index (χ3n) is 12.5. The molecule has 61 heavy (non-hydrogen) atoms. The van der Waals surface area contributed by atoms with Crippen LogP contribution in [0.25, 0.3) is 88.7 Å². The van der Waals surface area contributed by atoms with Crippen LogP contribution in [0.1, 0.15) is 22.3 Å². The molecular weight excluding hydrogens is 739 g/mol. The molecule has 0 aliphatic heterocycles. The summed E-state index contributed by atoms with van der Waals surface area (Å²) in [7, 11) is 0. The van der Waals surface area contributed by atoms with Crippen LogP contribution in [-0.2, 0) is 5.41 Å². The van der Waals surface area contributed by atoms with Gasteiger partial charge >= 0.3 is 0 Å². The zero-order valence-corrected chi connectivity index (χ0v) is 33.2. The summed E-state index contributed by atoms with van der Waals surface area (Å²) in [6.45, 7) is 0. The molecular formula is C58H37N3. The molecule has 1 aliphatic carbocycles. The van der Waals surface area contributed by atoms with E-state index in [9.17, 15) is 0 Å². The van der Waals surface area contributed by atoms with Crippen molar-refractivity contribution in [1.29, 1.82) is 0 Å². The lowest BCUT2D eigenvalue weighted by Crippen LogP contribution is -2.28. The zero-order valence-electron chi connectivity index (χ0n) is 33.2. The van der Waals surface area contributed by atoms with E-state index in [-0.39, 0.29) is 0 Å². The number of fused-ring (bicyclic) bond motifs is 8. The molecule has 9 aromatic carbocycles. The predicted octanol–water partition coefficient (Wildman–Crippen LogP) is 14.4. The molecule has 0 atom stereocenters.